The van der Waals surface area contributed by atoms with Crippen molar-refractivity contribution in [1.82, 2.24) is 0 Å². The average molecular weight is 269 g/mol. The SMILES string of the molecule is CCc1sc[n+](C)c1C.[I-]. The highest BCUT2D eigenvalue weighted by atomic mass is 127. The fourth-order valence-electron chi connectivity index (χ4n) is 0.843. The lowest BCUT2D eigenvalue weighted by Crippen LogP contribution is -3.00. The van der Waals surface area contributed by atoms with E-state index in [1.54, 1.807) is 0 Å². The minimum atomic E-state index is 0. The highest BCUT2D eigenvalue weighted by Crippen LogP contribution is 2.09. The summed E-state index contributed by atoms with van der Waals surface area (Å²) in [6.45, 7) is 4.36. The molecular formula is C7H12INS. The summed E-state index contributed by atoms with van der Waals surface area (Å²) in [5.41, 5.74) is 3.55. The van der Waals surface area contributed by atoms with Crippen molar-refractivity contribution in [2.24, 2.45) is 7.05 Å². The van der Waals surface area contributed by atoms with Crippen molar-refractivity contribution in [2.75, 3.05) is 0 Å². The second-order valence-electron chi connectivity index (χ2n) is 2.20. The van der Waals surface area contributed by atoms with Crippen LogP contribution in [-0.2, 0) is 13.5 Å². The molecule has 1 nitrogen and oxygen atoms in total. The number of hydrogen-bond acceptors (Lipinski definition) is 1. The molecule has 1 heterocycles. The summed E-state index contributed by atoms with van der Waals surface area (Å²) in [5, 5.41) is 0. The van der Waals surface area contributed by atoms with Gasteiger partial charge in [0.05, 0.1) is 4.88 Å². The number of hydrogen-bond donors (Lipinski definition) is 0. The van der Waals surface area contributed by atoms with Crippen LogP contribution in [0.5, 0.6) is 0 Å². The molecule has 1 aromatic heterocycles. The van der Waals surface area contributed by atoms with Gasteiger partial charge in [0.15, 0.2) is 5.69 Å². The molecule has 0 amide bonds. The lowest BCUT2D eigenvalue weighted by molar-refractivity contribution is -0.672. The highest BCUT2D eigenvalue weighted by Gasteiger charge is 2.07. The van der Waals surface area contributed by atoms with Crippen LogP contribution in [0.4, 0.5) is 0 Å². The molecule has 3 heteroatoms. The average Bonchev–Trinajstić information content (AvgIpc) is 2.15. The molecule has 0 aromatic carbocycles. The van der Waals surface area contributed by atoms with Gasteiger partial charge in [-0.15, -0.1) is 0 Å². The molecular weight excluding hydrogens is 257 g/mol. The summed E-state index contributed by atoms with van der Waals surface area (Å²) in [6, 6.07) is 0. The molecule has 58 valence electrons. The van der Waals surface area contributed by atoms with E-state index in [9.17, 15) is 0 Å². The Morgan fingerprint density at radius 1 is 1.60 bits per heavy atom. The Bertz CT molecular complexity index is 207. The first-order chi connectivity index (χ1) is 4.25. The first-order valence-electron chi connectivity index (χ1n) is 3.18. The molecule has 0 aliphatic rings. The molecule has 0 fully saturated rings. The Morgan fingerprint density at radius 2 is 2.20 bits per heavy atom. The molecule has 0 bridgehead atoms. The molecule has 0 radical (unpaired) electrons. The first-order valence-corrected chi connectivity index (χ1v) is 4.06. The van der Waals surface area contributed by atoms with E-state index < -0.39 is 0 Å². The van der Waals surface area contributed by atoms with Gasteiger partial charge < -0.3 is 24.0 Å². The number of aromatic nitrogens is 1. The number of nitrogens with zero attached hydrogens (tertiary/aromatic N) is 1. The lowest BCUT2D eigenvalue weighted by atomic mass is 10.3. The Labute approximate surface area is 83.1 Å². The van der Waals surface area contributed by atoms with E-state index in [0.29, 0.717) is 0 Å². The zero-order valence-corrected chi connectivity index (χ0v) is 9.49. The quantitative estimate of drug-likeness (QED) is 0.429. The molecule has 0 unspecified atom stereocenters. The summed E-state index contributed by atoms with van der Waals surface area (Å²) >= 11 is 1.84. The smallest absolute Gasteiger partial charge is 0.224 e. The van der Waals surface area contributed by atoms with Gasteiger partial charge in [-0.05, 0) is 6.42 Å². The number of aryl methyl sites for hydroxylation is 2. The van der Waals surface area contributed by atoms with Gasteiger partial charge in [-0.3, -0.25) is 0 Å². The summed E-state index contributed by atoms with van der Waals surface area (Å²) in [4.78, 5) is 1.50. The third-order valence-electron chi connectivity index (χ3n) is 1.61. The third-order valence-corrected chi connectivity index (χ3v) is 2.90. The molecule has 1 rings (SSSR count). The van der Waals surface area contributed by atoms with E-state index >= 15 is 0 Å². The van der Waals surface area contributed by atoms with Crippen LogP contribution in [0.1, 0.15) is 17.5 Å². The van der Waals surface area contributed by atoms with E-state index in [4.69, 9.17) is 0 Å². The Morgan fingerprint density at radius 3 is 2.40 bits per heavy atom. The van der Waals surface area contributed by atoms with Crippen LogP contribution < -0.4 is 28.5 Å². The maximum absolute atomic E-state index is 2.19. The van der Waals surface area contributed by atoms with Gasteiger partial charge >= 0.3 is 0 Å². The fourth-order valence-corrected chi connectivity index (χ4v) is 1.77. The van der Waals surface area contributed by atoms with Gasteiger partial charge in [0.2, 0.25) is 5.51 Å². The number of halogens is 1. The maximum atomic E-state index is 2.19. The van der Waals surface area contributed by atoms with Crippen LogP contribution >= 0.6 is 11.3 Å². The van der Waals surface area contributed by atoms with Crippen LogP contribution in [-0.4, -0.2) is 0 Å². The second-order valence-corrected chi connectivity index (χ2v) is 3.14. The minimum Gasteiger partial charge on any atom is -1.00 e. The summed E-state index contributed by atoms with van der Waals surface area (Å²) in [6.07, 6.45) is 1.16. The molecule has 0 atom stereocenters. The normalized spacial score (nSPS) is 9.10. The largest absolute Gasteiger partial charge is 1.00 e. The predicted molar refractivity (Wildman–Crippen MR) is 39.6 cm³/mol. The van der Waals surface area contributed by atoms with Gasteiger partial charge in [-0.25, -0.2) is 0 Å². The molecule has 0 N–H and O–H groups in total. The van der Waals surface area contributed by atoms with Gasteiger partial charge in [0.1, 0.15) is 7.05 Å². The molecule has 0 saturated heterocycles. The van der Waals surface area contributed by atoms with Gasteiger partial charge in [0, 0.05) is 6.92 Å². The second kappa shape index (κ2) is 4.28. The van der Waals surface area contributed by atoms with E-state index in [1.165, 1.54) is 10.6 Å². The third kappa shape index (κ3) is 1.92. The molecule has 10 heavy (non-hydrogen) atoms. The summed E-state index contributed by atoms with van der Waals surface area (Å²) < 4.78 is 2.17. The monoisotopic (exact) mass is 269 g/mol. The van der Waals surface area contributed by atoms with E-state index in [0.717, 1.165) is 6.42 Å². The van der Waals surface area contributed by atoms with Crippen molar-refractivity contribution in [3.05, 3.63) is 16.1 Å². The zero-order valence-electron chi connectivity index (χ0n) is 6.52. The van der Waals surface area contributed by atoms with Crippen molar-refractivity contribution >= 4 is 11.3 Å². The number of thiazole rings is 1. The van der Waals surface area contributed by atoms with Crippen LogP contribution in [0.3, 0.4) is 0 Å². The Hall–Kier alpha value is 0.360. The maximum Gasteiger partial charge on any atom is 0.224 e. The molecule has 0 saturated carbocycles. The van der Waals surface area contributed by atoms with E-state index in [-0.39, 0.29) is 24.0 Å². The van der Waals surface area contributed by atoms with Crippen LogP contribution in [0.2, 0.25) is 0 Å². The Balaban J connectivity index is 0.000000810. The fraction of sp³-hybridized carbons (Fsp3) is 0.571. The summed E-state index contributed by atoms with van der Waals surface area (Å²) in [7, 11) is 2.09. The minimum absolute atomic E-state index is 0. The van der Waals surface area contributed by atoms with Crippen LogP contribution in [0.15, 0.2) is 5.51 Å². The molecule has 0 aliphatic carbocycles. The van der Waals surface area contributed by atoms with Crippen molar-refractivity contribution in [3.8, 4) is 0 Å². The lowest BCUT2D eigenvalue weighted by Gasteiger charge is -1.84. The van der Waals surface area contributed by atoms with Crippen LogP contribution in [0, 0.1) is 6.92 Å². The topological polar surface area (TPSA) is 3.88 Å². The molecule has 0 aliphatic heterocycles. The van der Waals surface area contributed by atoms with Gasteiger partial charge in [0.25, 0.3) is 0 Å². The van der Waals surface area contributed by atoms with Crippen molar-refractivity contribution in [3.63, 3.8) is 0 Å². The van der Waals surface area contributed by atoms with Crippen molar-refractivity contribution < 1.29 is 28.5 Å². The zero-order chi connectivity index (χ0) is 6.85. The van der Waals surface area contributed by atoms with Crippen molar-refractivity contribution in [1.29, 1.82) is 0 Å². The van der Waals surface area contributed by atoms with Crippen LogP contribution in [0.25, 0.3) is 0 Å². The van der Waals surface area contributed by atoms with Gasteiger partial charge in [-0.1, -0.05) is 18.3 Å². The molecule has 0 spiro atoms. The first kappa shape index (κ1) is 10.4. The Kier molecular flexibility index (Phi) is 4.44. The standard InChI is InChI=1S/C7H12NS.HI/c1-4-7-6(2)8(3)5-9-7;/h5H,4H2,1-3H3;1H/q+1;/p-1. The molecule has 1 aromatic rings. The van der Waals surface area contributed by atoms with E-state index in [2.05, 4.69) is 31.0 Å². The number of rotatable bonds is 1. The summed E-state index contributed by atoms with van der Waals surface area (Å²) in [5.74, 6) is 0. The van der Waals surface area contributed by atoms with Crippen molar-refractivity contribution in [2.45, 2.75) is 20.3 Å². The predicted octanol–water partition coefficient (Wildman–Crippen LogP) is -1.55. The highest BCUT2D eigenvalue weighted by molar-refractivity contribution is 7.09. The van der Waals surface area contributed by atoms with E-state index in [1.807, 2.05) is 11.3 Å². The van der Waals surface area contributed by atoms with Gasteiger partial charge in [-0.2, -0.15) is 4.57 Å².